The van der Waals surface area contributed by atoms with Crippen LogP contribution in [0.1, 0.15) is 5.56 Å². The van der Waals surface area contributed by atoms with Gasteiger partial charge >= 0.3 is 12.0 Å². The van der Waals surface area contributed by atoms with E-state index in [2.05, 4.69) is 11.9 Å². The van der Waals surface area contributed by atoms with Gasteiger partial charge in [0, 0.05) is 24.9 Å². The van der Waals surface area contributed by atoms with Crippen molar-refractivity contribution in [3.8, 4) is 0 Å². The number of carbonyl (C=O) groups is 2. The lowest BCUT2D eigenvalue weighted by atomic mass is 10.2. The van der Waals surface area contributed by atoms with Crippen LogP contribution in [0.4, 0.5) is 10.5 Å². The second-order valence-corrected chi connectivity index (χ2v) is 4.18. The minimum Gasteiger partial charge on any atom is -0.478 e. The average molecular weight is 290 g/mol. The van der Waals surface area contributed by atoms with Crippen molar-refractivity contribution in [1.29, 1.82) is 0 Å². The van der Waals surface area contributed by atoms with Crippen LogP contribution in [0.2, 0.25) is 0 Å². The first-order valence-corrected chi connectivity index (χ1v) is 6.35. The molecule has 21 heavy (non-hydrogen) atoms. The monoisotopic (exact) mass is 290 g/mol. The molecule has 6 heteroatoms. The molecule has 0 spiro atoms. The van der Waals surface area contributed by atoms with Crippen LogP contribution in [0.15, 0.2) is 43.0 Å². The molecule has 0 fully saturated rings. The first kappa shape index (κ1) is 16.5. The molecule has 0 aliphatic carbocycles. The van der Waals surface area contributed by atoms with Gasteiger partial charge in [-0.3, -0.25) is 0 Å². The third-order valence-electron chi connectivity index (χ3n) is 2.59. The Kier molecular flexibility index (Phi) is 6.70. The zero-order valence-corrected chi connectivity index (χ0v) is 11.5. The Labute approximate surface area is 123 Å². The van der Waals surface area contributed by atoms with E-state index in [0.29, 0.717) is 17.8 Å². The number of carboxylic acid groups (broad SMARTS) is 1. The summed E-state index contributed by atoms with van der Waals surface area (Å²) in [5, 5.41) is 20.1. The number of aliphatic hydroxyl groups is 1. The molecule has 112 valence electrons. The summed E-state index contributed by atoms with van der Waals surface area (Å²) in [7, 11) is 0. The Morgan fingerprint density at radius 2 is 1.95 bits per heavy atom. The summed E-state index contributed by atoms with van der Waals surface area (Å²) < 4.78 is 0. The smallest absolute Gasteiger partial charge is 0.328 e. The Morgan fingerprint density at radius 3 is 2.48 bits per heavy atom. The van der Waals surface area contributed by atoms with Crippen molar-refractivity contribution in [1.82, 2.24) is 4.90 Å². The number of nitrogens with one attached hydrogen (secondary N) is 1. The van der Waals surface area contributed by atoms with Crippen LogP contribution in [0, 0.1) is 0 Å². The Morgan fingerprint density at radius 1 is 1.29 bits per heavy atom. The van der Waals surface area contributed by atoms with E-state index in [1.807, 2.05) is 0 Å². The molecule has 6 nitrogen and oxygen atoms in total. The standard InChI is InChI=1S/C15H18N2O4/c1-2-9-17(10-11-18)15(21)16-13-6-3-12(4-7-13)5-8-14(19)20/h2-8,18H,1,9-11H2,(H,16,21)(H,19,20)/b8-5+. The molecule has 0 saturated heterocycles. The number of urea groups is 1. The Balaban J connectivity index is 2.67. The van der Waals surface area contributed by atoms with Crippen molar-refractivity contribution in [2.45, 2.75) is 0 Å². The average Bonchev–Trinajstić information content (AvgIpc) is 2.46. The zero-order chi connectivity index (χ0) is 15.7. The molecule has 0 atom stereocenters. The van der Waals surface area contributed by atoms with Crippen LogP contribution in [0.5, 0.6) is 0 Å². The van der Waals surface area contributed by atoms with E-state index in [-0.39, 0.29) is 19.2 Å². The van der Waals surface area contributed by atoms with Crippen LogP contribution in [-0.4, -0.2) is 46.8 Å². The summed E-state index contributed by atoms with van der Waals surface area (Å²) in [5.74, 6) is -1.02. The molecule has 0 aliphatic rings. The summed E-state index contributed by atoms with van der Waals surface area (Å²) >= 11 is 0. The predicted octanol–water partition coefficient (Wildman–Crippen LogP) is 1.80. The number of benzene rings is 1. The first-order valence-electron chi connectivity index (χ1n) is 6.35. The van der Waals surface area contributed by atoms with E-state index < -0.39 is 5.97 Å². The molecule has 1 rings (SSSR count). The van der Waals surface area contributed by atoms with Crippen LogP contribution >= 0.6 is 0 Å². The summed E-state index contributed by atoms with van der Waals surface area (Å²) in [4.78, 5) is 23.8. The van der Waals surface area contributed by atoms with Crippen molar-refractivity contribution in [3.63, 3.8) is 0 Å². The first-order chi connectivity index (χ1) is 10.1. The molecule has 0 saturated carbocycles. The second kappa shape index (κ2) is 8.55. The van der Waals surface area contributed by atoms with Crippen molar-refractivity contribution in [2.24, 2.45) is 0 Å². The summed E-state index contributed by atoms with van der Waals surface area (Å²) in [6.45, 7) is 3.99. The van der Waals surface area contributed by atoms with Crippen molar-refractivity contribution >= 4 is 23.8 Å². The van der Waals surface area contributed by atoms with Gasteiger partial charge < -0.3 is 20.4 Å². The molecule has 1 aromatic carbocycles. The molecular formula is C15H18N2O4. The van der Waals surface area contributed by atoms with Gasteiger partial charge in [0.15, 0.2) is 0 Å². The fourth-order valence-electron chi connectivity index (χ4n) is 1.60. The van der Waals surface area contributed by atoms with Gasteiger partial charge in [-0.25, -0.2) is 9.59 Å². The molecule has 2 amide bonds. The van der Waals surface area contributed by atoms with Crippen molar-refractivity contribution in [3.05, 3.63) is 48.6 Å². The number of aliphatic hydroxyl groups excluding tert-OH is 1. The van der Waals surface area contributed by atoms with E-state index >= 15 is 0 Å². The lowest BCUT2D eigenvalue weighted by molar-refractivity contribution is -0.131. The number of carbonyl (C=O) groups excluding carboxylic acids is 1. The van der Waals surface area contributed by atoms with Gasteiger partial charge in [-0.1, -0.05) is 18.2 Å². The zero-order valence-electron chi connectivity index (χ0n) is 11.5. The maximum absolute atomic E-state index is 12.0. The molecule has 0 aliphatic heterocycles. The van der Waals surface area contributed by atoms with Gasteiger partial charge in [0.1, 0.15) is 0 Å². The number of carboxylic acids is 1. The molecule has 0 aromatic heterocycles. The van der Waals surface area contributed by atoms with Gasteiger partial charge in [0.25, 0.3) is 0 Å². The van der Waals surface area contributed by atoms with Crippen LogP contribution in [0.3, 0.4) is 0 Å². The number of hydrogen-bond acceptors (Lipinski definition) is 3. The molecule has 1 aromatic rings. The lowest BCUT2D eigenvalue weighted by Gasteiger charge is -2.20. The summed E-state index contributed by atoms with van der Waals surface area (Å²) in [5.41, 5.74) is 1.30. The van der Waals surface area contributed by atoms with E-state index in [4.69, 9.17) is 10.2 Å². The molecule has 0 unspecified atom stereocenters. The fraction of sp³-hybridized carbons (Fsp3) is 0.200. The van der Waals surface area contributed by atoms with E-state index in [1.165, 1.54) is 11.0 Å². The highest BCUT2D eigenvalue weighted by Crippen LogP contribution is 2.11. The quantitative estimate of drug-likeness (QED) is 0.527. The highest BCUT2D eigenvalue weighted by atomic mass is 16.4. The van der Waals surface area contributed by atoms with Crippen molar-refractivity contribution in [2.75, 3.05) is 25.0 Å². The molecule has 0 heterocycles. The van der Waals surface area contributed by atoms with Gasteiger partial charge in [-0.15, -0.1) is 6.58 Å². The Hall–Kier alpha value is -2.60. The second-order valence-electron chi connectivity index (χ2n) is 4.18. The normalized spacial score (nSPS) is 10.3. The largest absolute Gasteiger partial charge is 0.478 e. The number of aliphatic carboxylic acids is 1. The lowest BCUT2D eigenvalue weighted by Crippen LogP contribution is -2.37. The van der Waals surface area contributed by atoms with Gasteiger partial charge in [0.2, 0.25) is 0 Å². The highest BCUT2D eigenvalue weighted by Gasteiger charge is 2.11. The van der Waals surface area contributed by atoms with Crippen LogP contribution < -0.4 is 5.32 Å². The third-order valence-corrected chi connectivity index (χ3v) is 2.59. The molecular weight excluding hydrogens is 272 g/mol. The predicted molar refractivity (Wildman–Crippen MR) is 81.0 cm³/mol. The summed E-state index contributed by atoms with van der Waals surface area (Å²) in [6, 6.07) is 6.39. The van der Waals surface area contributed by atoms with E-state index in [0.717, 1.165) is 6.08 Å². The number of rotatable bonds is 7. The maximum Gasteiger partial charge on any atom is 0.328 e. The number of anilines is 1. The number of nitrogens with zero attached hydrogens (tertiary/aromatic N) is 1. The fourth-order valence-corrected chi connectivity index (χ4v) is 1.60. The molecule has 0 radical (unpaired) electrons. The van der Waals surface area contributed by atoms with E-state index in [1.54, 1.807) is 30.3 Å². The van der Waals surface area contributed by atoms with Crippen LogP contribution in [-0.2, 0) is 4.79 Å². The van der Waals surface area contributed by atoms with Gasteiger partial charge in [-0.2, -0.15) is 0 Å². The Bertz CT molecular complexity index is 523. The SMILES string of the molecule is C=CCN(CCO)C(=O)Nc1ccc(/C=C/C(=O)O)cc1. The van der Waals surface area contributed by atoms with E-state index in [9.17, 15) is 9.59 Å². The topological polar surface area (TPSA) is 89.9 Å². The van der Waals surface area contributed by atoms with Gasteiger partial charge in [-0.05, 0) is 23.8 Å². The highest BCUT2D eigenvalue weighted by molar-refractivity contribution is 5.90. The minimum atomic E-state index is -1.02. The minimum absolute atomic E-state index is 0.125. The van der Waals surface area contributed by atoms with Crippen molar-refractivity contribution < 1.29 is 19.8 Å². The molecule has 3 N–H and O–H groups in total. The molecule has 0 bridgehead atoms. The maximum atomic E-state index is 12.0. The summed E-state index contributed by atoms with van der Waals surface area (Å²) in [6.07, 6.45) is 4.08. The van der Waals surface area contributed by atoms with Gasteiger partial charge in [0.05, 0.1) is 6.61 Å². The van der Waals surface area contributed by atoms with Crippen LogP contribution in [0.25, 0.3) is 6.08 Å². The number of amides is 2. The third kappa shape index (κ3) is 5.92. The number of hydrogen-bond donors (Lipinski definition) is 3.